The van der Waals surface area contributed by atoms with Gasteiger partial charge in [0.15, 0.2) is 5.00 Å². The van der Waals surface area contributed by atoms with Crippen molar-refractivity contribution in [1.82, 2.24) is 4.72 Å². The van der Waals surface area contributed by atoms with Gasteiger partial charge in [0, 0.05) is 19.2 Å². The SMILES string of the molecule is CCCNc1sc(S(=O)(=O)NCC(C)CC)cc1[N+](=O)[O-]. The second-order valence-electron chi connectivity index (χ2n) is 4.83. The van der Waals surface area contributed by atoms with E-state index in [1.165, 1.54) is 0 Å². The zero-order valence-corrected chi connectivity index (χ0v) is 14.0. The number of anilines is 1. The molecule has 0 saturated carbocycles. The summed E-state index contributed by atoms with van der Waals surface area (Å²) < 4.78 is 26.8. The summed E-state index contributed by atoms with van der Waals surface area (Å²) in [5.74, 6) is 0.215. The number of rotatable bonds is 9. The van der Waals surface area contributed by atoms with E-state index in [0.29, 0.717) is 13.1 Å². The summed E-state index contributed by atoms with van der Waals surface area (Å²) in [4.78, 5) is 10.4. The number of hydrogen-bond donors (Lipinski definition) is 2. The standard InChI is InChI=1S/C12H21N3O4S2/c1-4-6-13-12-10(15(16)17)7-11(20-12)21(18,19)14-8-9(3)5-2/h7,9,13-14H,4-6,8H2,1-3H3. The van der Waals surface area contributed by atoms with E-state index in [2.05, 4.69) is 10.0 Å². The van der Waals surface area contributed by atoms with Crippen LogP contribution in [0.5, 0.6) is 0 Å². The fraction of sp³-hybridized carbons (Fsp3) is 0.667. The molecule has 1 atom stereocenters. The molecule has 0 amide bonds. The molecule has 0 aromatic carbocycles. The highest BCUT2D eigenvalue weighted by Gasteiger charge is 2.26. The largest absolute Gasteiger partial charge is 0.371 e. The maximum atomic E-state index is 12.2. The summed E-state index contributed by atoms with van der Waals surface area (Å²) in [6, 6.07) is 1.11. The molecule has 1 rings (SSSR count). The third-order valence-corrected chi connectivity index (χ3v) is 5.98. The summed E-state index contributed by atoms with van der Waals surface area (Å²) in [6.45, 7) is 6.72. The molecule has 7 nitrogen and oxygen atoms in total. The predicted octanol–water partition coefficient (Wildman–Crippen LogP) is 2.80. The number of thiophene rings is 1. The first-order valence-electron chi connectivity index (χ1n) is 6.83. The van der Waals surface area contributed by atoms with E-state index in [-0.39, 0.29) is 20.8 Å². The molecule has 1 heterocycles. The lowest BCUT2D eigenvalue weighted by atomic mass is 10.1. The average molecular weight is 335 g/mol. The van der Waals surface area contributed by atoms with Gasteiger partial charge in [-0.1, -0.05) is 38.5 Å². The second kappa shape index (κ2) is 7.71. The van der Waals surface area contributed by atoms with Gasteiger partial charge in [0.05, 0.1) is 4.92 Å². The lowest BCUT2D eigenvalue weighted by molar-refractivity contribution is -0.383. The van der Waals surface area contributed by atoms with Crippen molar-refractivity contribution >= 4 is 32.0 Å². The first kappa shape index (κ1) is 17.9. The van der Waals surface area contributed by atoms with Crippen LogP contribution in [0.25, 0.3) is 0 Å². The molecule has 0 bridgehead atoms. The second-order valence-corrected chi connectivity index (χ2v) is 7.87. The number of nitrogens with one attached hydrogen (secondary N) is 2. The molecule has 0 saturated heterocycles. The average Bonchev–Trinajstić information content (AvgIpc) is 2.87. The normalized spacial score (nSPS) is 13.1. The van der Waals surface area contributed by atoms with Crippen molar-refractivity contribution in [2.45, 2.75) is 37.8 Å². The molecule has 1 aromatic heterocycles. The fourth-order valence-corrected chi connectivity index (χ4v) is 4.02. The number of sulfonamides is 1. The van der Waals surface area contributed by atoms with Crippen LogP contribution in [0.15, 0.2) is 10.3 Å². The zero-order chi connectivity index (χ0) is 16.0. The van der Waals surface area contributed by atoms with Gasteiger partial charge >= 0.3 is 5.69 Å². The van der Waals surface area contributed by atoms with Gasteiger partial charge in [-0.3, -0.25) is 10.1 Å². The Bertz CT molecular complexity index is 583. The minimum absolute atomic E-state index is 0.0314. The first-order valence-corrected chi connectivity index (χ1v) is 9.13. The third kappa shape index (κ3) is 4.94. The minimum atomic E-state index is -3.70. The third-order valence-electron chi connectivity index (χ3n) is 3.01. The molecule has 0 radical (unpaired) electrons. The van der Waals surface area contributed by atoms with Crippen molar-refractivity contribution in [3.63, 3.8) is 0 Å². The topological polar surface area (TPSA) is 101 Å². The number of nitrogens with zero attached hydrogens (tertiary/aromatic N) is 1. The Morgan fingerprint density at radius 2 is 2.10 bits per heavy atom. The van der Waals surface area contributed by atoms with Crippen LogP contribution in [-0.2, 0) is 10.0 Å². The molecule has 0 aliphatic carbocycles. The van der Waals surface area contributed by atoms with Gasteiger partial charge < -0.3 is 5.32 Å². The summed E-state index contributed by atoms with van der Waals surface area (Å²) in [7, 11) is -3.70. The van der Waals surface area contributed by atoms with Gasteiger partial charge in [0.2, 0.25) is 10.0 Å². The van der Waals surface area contributed by atoms with E-state index in [1.807, 2.05) is 20.8 Å². The van der Waals surface area contributed by atoms with Gasteiger partial charge in [0.1, 0.15) is 4.21 Å². The molecule has 1 unspecified atom stereocenters. The van der Waals surface area contributed by atoms with Crippen LogP contribution in [-0.4, -0.2) is 26.4 Å². The fourth-order valence-electron chi connectivity index (χ4n) is 1.46. The highest BCUT2D eigenvalue weighted by Crippen LogP contribution is 2.36. The van der Waals surface area contributed by atoms with Crippen molar-refractivity contribution in [3.8, 4) is 0 Å². The summed E-state index contributed by atoms with van der Waals surface area (Å²) in [6.07, 6.45) is 1.65. The molecule has 0 spiro atoms. The van der Waals surface area contributed by atoms with Crippen LogP contribution in [0.2, 0.25) is 0 Å². The Hall–Kier alpha value is -1.19. The van der Waals surface area contributed by atoms with Crippen LogP contribution >= 0.6 is 11.3 Å². The van der Waals surface area contributed by atoms with Crippen molar-refractivity contribution < 1.29 is 13.3 Å². The van der Waals surface area contributed by atoms with Gasteiger partial charge in [-0.15, -0.1) is 0 Å². The molecule has 21 heavy (non-hydrogen) atoms. The van der Waals surface area contributed by atoms with Crippen LogP contribution < -0.4 is 10.0 Å². The van der Waals surface area contributed by atoms with Crippen molar-refractivity contribution in [2.24, 2.45) is 5.92 Å². The molecular formula is C12H21N3O4S2. The Morgan fingerprint density at radius 1 is 1.43 bits per heavy atom. The van der Waals surface area contributed by atoms with Gasteiger partial charge in [-0.2, -0.15) is 0 Å². The smallest absolute Gasteiger partial charge is 0.304 e. The maximum Gasteiger partial charge on any atom is 0.304 e. The Morgan fingerprint density at radius 3 is 2.62 bits per heavy atom. The molecule has 120 valence electrons. The van der Waals surface area contributed by atoms with Crippen molar-refractivity contribution in [3.05, 3.63) is 16.2 Å². The van der Waals surface area contributed by atoms with Crippen molar-refractivity contribution in [2.75, 3.05) is 18.4 Å². The van der Waals surface area contributed by atoms with E-state index in [1.54, 1.807) is 0 Å². The van der Waals surface area contributed by atoms with E-state index in [4.69, 9.17) is 0 Å². The van der Waals surface area contributed by atoms with Gasteiger partial charge in [-0.05, 0) is 12.3 Å². The van der Waals surface area contributed by atoms with Gasteiger partial charge in [0.25, 0.3) is 0 Å². The molecule has 0 aliphatic rings. The summed E-state index contributed by atoms with van der Waals surface area (Å²) in [5, 5.41) is 14.2. The highest BCUT2D eigenvalue weighted by molar-refractivity contribution is 7.91. The highest BCUT2D eigenvalue weighted by atomic mass is 32.2. The molecule has 2 N–H and O–H groups in total. The molecule has 0 aliphatic heterocycles. The Kier molecular flexibility index (Phi) is 6.56. The predicted molar refractivity (Wildman–Crippen MR) is 84.4 cm³/mol. The Labute approximate surface area is 129 Å². The summed E-state index contributed by atoms with van der Waals surface area (Å²) >= 11 is 0.891. The van der Waals surface area contributed by atoms with E-state index < -0.39 is 14.9 Å². The maximum absolute atomic E-state index is 12.2. The quantitative estimate of drug-likeness (QED) is 0.534. The lowest BCUT2D eigenvalue weighted by Gasteiger charge is -2.09. The van der Waals surface area contributed by atoms with Gasteiger partial charge in [-0.25, -0.2) is 13.1 Å². The van der Waals surface area contributed by atoms with Crippen LogP contribution in [0.1, 0.15) is 33.6 Å². The van der Waals surface area contributed by atoms with Crippen LogP contribution in [0.4, 0.5) is 10.7 Å². The van der Waals surface area contributed by atoms with Crippen LogP contribution in [0, 0.1) is 16.0 Å². The lowest BCUT2D eigenvalue weighted by Crippen LogP contribution is -2.27. The van der Waals surface area contributed by atoms with E-state index in [0.717, 1.165) is 30.2 Å². The first-order chi connectivity index (χ1) is 9.81. The summed E-state index contributed by atoms with van der Waals surface area (Å²) in [5.41, 5.74) is -0.197. The zero-order valence-electron chi connectivity index (χ0n) is 12.4. The minimum Gasteiger partial charge on any atom is -0.371 e. The molecular weight excluding hydrogens is 314 g/mol. The molecule has 0 fully saturated rings. The Balaban J connectivity index is 2.98. The van der Waals surface area contributed by atoms with E-state index in [9.17, 15) is 18.5 Å². The number of nitro groups is 1. The molecule has 9 heteroatoms. The van der Waals surface area contributed by atoms with Crippen molar-refractivity contribution in [1.29, 1.82) is 0 Å². The molecule has 1 aromatic rings. The van der Waals surface area contributed by atoms with E-state index >= 15 is 0 Å². The van der Waals surface area contributed by atoms with Crippen LogP contribution in [0.3, 0.4) is 0 Å². The monoisotopic (exact) mass is 335 g/mol. The number of hydrogen-bond acceptors (Lipinski definition) is 6.